The lowest BCUT2D eigenvalue weighted by Crippen LogP contribution is -2.63. The van der Waals surface area contributed by atoms with Gasteiger partial charge in [-0.2, -0.15) is 0 Å². The van der Waals surface area contributed by atoms with E-state index in [1.54, 1.807) is 0 Å². The highest BCUT2D eigenvalue weighted by atomic mass is 31.2. The van der Waals surface area contributed by atoms with Crippen molar-refractivity contribution in [2.45, 2.75) is 55.9 Å². The number of cyclic esters (lactones) is 1. The van der Waals surface area contributed by atoms with Gasteiger partial charge in [0.1, 0.15) is 27.2 Å². The Hall–Kier alpha value is -3.18. The molecular formula is C29H33O16P. The quantitative estimate of drug-likeness (QED) is 0.240. The third-order valence-corrected chi connectivity index (χ3v) is 8.74. The Balaban J connectivity index is 1.38. The molecule has 7 rings (SSSR count). The van der Waals surface area contributed by atoms with Crippen molar-refractivity contribution in [1.82, 2.24) is 0 Å². The summed E-state index contributed by atoms with van der Waals surface area (Å²) in [6, 6.07) is 5.03. The third-order valence-electron chi connectivity index (χ3n) is 8.32. The van der Waals surface area contributed by atoms with Crippen molar-refractivity contribution >= 4 is 13.8 Å². The molecule has 16 nitrogen and oxygen atoms in total. The van der Waals surface area contributed by atoms with E-state index in [-0.39, 0.29) is 46.3 Å². The maximum absolute atomic E-state index is 13.7. The second-order valence-corrected chi connectivity index (χ2v) is 12.2. The average Bonchev–Trinajstić information content (AvgIpc) is 3.57. The van der Waals surface area contributed by atoms with E-state index in [2.05, 4.69) is 0 Å². The molecule has 250 valence electrons. The van der Waals surface area contributed by atoms with Gasteiger partial charge >= 0.3 is 13.8 Å². The van der Waals surface area contributed by atoms with Gasteiger partial charge in [-0.3, -0.25) is 14.6 Å². The second kappa shape index (κ2) is 11.8. The van der Waals surface area contributed by atoms with Crippen molar-refractivity contribution in [3.8, 4) is 28.7 Å². The number of phosphoric ester groups is 1. The first kappa shape index (κ1) is 25.9. The number of aliphatic hydroxyl groups is 2. The second-order valence-electron chi connectivity index (χ2n) is 11.0. The van der Waals surface area contributed by atoms with Gasteiger partial charge in [-0.1, -0.05) is 0 Å². The highest BCUT2D eigenvalue weighted by Crippen LogP contribution is 2.57. The van der Waals surface area contributed by atoms with Gasteiger partial charge in [0.2, 0.25) is 12.5 Å². The maximum atomic E-state index is 13.7. The largest absolute Gasteiger partial charge is 0.525 e. The van der Waals surface area contributed by atoms with Crippen LogP contribution in [0.3, 0.4) is 0 Å². The summed E-state index contributed by atoms with van der Waals surface area (Å²) < 4.78 is 109. The number of ether oxygens (including phenoxy) is 9. The van der Waals surface area contributed by atoms with E-state index in [1.165, 1.54) is 45.4 Å². The number of benzene rings is 2. The fraction of sp³-hybridized carbons (Fsp3) is 0.552. The Bertz CT molecular complexity index is 1770. The zero-order chi connectivity index (χ0) is 37.0. The van der Waals surface area contributed by atoms with Gasteiger partial charge < -0.3 is 57.4 Å². The molecule has 46 heavy (non-hydrogen) atoms. The predicted molar refractivity (Wildman–Crippen MR) is 149 cm³/mol. The van der Waals surface area contributed by atoms with Crippen LogP contribution in [0, 0.1) is 11.8 Å². The number of carbonyl (C=O) groups excluding carboxylic acids is 1. The molecular weight excluding hydrogens is 635 g/mol. The van der Waals surface area contributed by atoms with Crippen LogP contribution >= 0.6 is 7.82 Å². The number of aliphatic hydroxyl groups excluding tert-OH is 2. The molecule has 10 atom stereocenters. The number of phosphoric acid groups is 1. The molecule has 0 spiro atoms. The summed E-state index contributed by atoms with van der Waals surface area (Å²) in [4.78, 5) is 32.7. The Kier molecular flexibility index (Phi) is 6.64. The van der Waals surface area contributed by atoms with Crippen molar-refractivity contribution in [3.63, 3.8) is 0 Å². The van der Waals surface area contributed by atoms with Crippen molar-refractivity contribution in [1.29, 1.82) is 0 Å². The lowest BCUT2D eigenvalue weighted by Gasteiger charge is -2.47. The summed E-state index contributed by atoms with van der Waals surface area (Å²) in [5.74, 6) is -6.81. The fourth-order valence-electron chi connectivity index (χ4n) is 6.35. The fourth-order valence-corrected chi connectivity index (χ4v) is 6.77. The smallest absolute Gasteiger partial charge is 0.493 e. The van der Waals surface area contributed by atoms with Crippen LogP contribution in [-0.4, -0.2) is 97.1 Å². The Morgan fingerprint density at radius 1 is 0.978 bits per heavy atom. The molecule has 0 radical (unpaired) electrons. The number of hydrogen-bond acceptors (Lipinski definition) is 14. The lowest BCUT2D eigenvalue weighted by molar-refractivity contribution is -0.364. The molecule has 3 saturated heterocycles. The van der Waals surface area contributed by atoms with Crippen LogP contribution in [0.2, 0.25) is 0 Å². The molecule has 4 aliphatic heterocycles. The molecule has 17 heteroatoms. The molecule has 2 aromatic carbocycles. The molecule has 5 aliphatic rings. The number of methoxy groups -OCH3 is 2. The summed E-state index contributed by atoms with van der Waals surface area (Å²) in [6.07, 6.45) is -10.6. The lowest BCUT2D eigenvalue weighted by atomic mass is 9.66. The molecule has 4 heterocycles. The Labute approximate surface area is 269 Å². The van der Waals surface area contributed by atoms with Crippen molar-refractivity contribution in [2.24, 2.45) is 11.8 Å². The molecule has 4 N–H and O–H groups in total. The topological polar surface area (TPSA) is 207 Å². The van der Waals surface area contributed by atoms with Crippen LogP contribution in [0.15, 0.2) is 24.3 Å². The summed E-state index contributed by atoms with van der Waals surface area (Å²) >= 11 is 0. The molecule has 0 bridgehead atoms. The summed E-state index contributed by atoms with van der Waals surface area (Å²) in [6.45, 7) is -4.04. The molecule has 2 aromatic rings. The van der Waals surface area contributed by atoms with E-state index >= 15 is 0 Å². The number of esters is 1. The van der Waals surface area contributed by atoms with Crippen molar-refractivity contribution < 1.29 is 83.4 Å². The number of carbonyl (C=O) groups is 1. The normalized spacial score (nSPS) is 40.0. The number of fused-ring (bicyclic) bond motifs is 4. The highest BCUT2D eigenvalue weighted by Gasteiger charge is 2.56. The van der Waals surface area contributed by atoms with Crippen LogP contribution in [0.25, 0.3) is 0 Å². The first-order valence-electron chi connectivity index (χ1n) is 16.5. The standard InChI is InChI=1S/C29H33O16P/c1-11-38-9-20-27(42-11)23(30)24(31)29(43-20)44-25-14-7-17-16(40-10-41-17)6-13(14)21(22-15(25)8-39-28(22)32)12-4-18(36-2)26(19(5-12)37-3)45-46(33,34)35/h4-7,11,15,20-25,27,29-31H,8-10H2,1-3H3,(H2,33,34,35)/t11-,15+,20-,21-,22+,23-,24-,25-,27-,29+/m1/s1/i9D2,10D2,21D. The Morgan fingerprint density at radius 2 is 1.65 bits per heavy atom. The van der Waals surface area contributed by atoms with Gasteiger partial charge in [0.05, 0.1) is 42.1 Å². The van der Waals surface area contributed by atoms with Gasteiger partial charge in [-0.05, 0) is 47.9 Å². The van der Waals surface area contributed by atoms with Crippen LogP contribution in [0.5, 0.6) is 28.7 Å². The van der Waals surface area contributed by atoms with Gasteiger partial charge in [-0.15, -0.1) is 0 Å². The maximum Gasteiger partial charge on any atom is 0.525 e. The van der Waals surface area contributed by atoms with E-state index in [1.807, 2.05) is 0 Å². The van der Waals surface area contributed by atoms with E-state index in [9.17, 15) is 30.7 Å². The van der Waals surface area contributed by atoms with E-state index < -0.39 is 93.7 Å². The van der Waals surface area contributed by atoms with Crippen LogP contribution in [0.1, 0.15) is 42.5 Å². The molecule has 0 saturated carbocycles. The van der Waals surface area contributed by atoms with Crippen LogP contribution in [-0.2, 0) is 33.0 Å². The van der Waals surface area contributed by atoms with Gasteiger partial charge in [-0.25, -0.2) is 4.57 Å². The van der Waals surface area contributed by atoms with E-state index in [0.29, 0.717) is 0 Å². The van der Waals surface area contributed by atoms with Gasteiger partial charge in [0.25, 0.3) is 0 Å². The molecule has 0 amide bonds. The highest BCUT2D eigenvalue weighted by molar-refractivity contribution is 7.46. The summed E-state index contributed by atoms with van der Waals surface area (Å²) in [5, 5.41) is 22.2. The minimum atomic E-state index is -5.14. The first-order valence-corrected chi connectivity index (χ1v) is 15.6. The average molecular weight is 674 g/mol. The first-order chi connectivity index (χ1) is 23.8. The van der Waals surface area contributed by atoms with E-state index in [0.717, 1.165) is 0 Å². The zero-order valence-corrected chi connectivity index (χ0v) is 25.2. The van der Waals surface area contributed by atoms with Crippen LogP contribution in [0.4, 0.5) is 0 Å². The zero-order valence-electron chi connectivity index (χ0n) is 29.3. The molecule has 0 aromatic heterocycles. The minimum absolute atomic E-state index is 0.0161. The number of hydrogen-bond donors (Lipinski definition) is 4. The van der Waals surface area contributed by atoms with E-state index in [4.69, 9.17) is 52.6 Å². The molecule has 0 unspecified atom stereocenters. The Morgan fingerprint density at radius 3 is 2.30 bits per heavy atom. The predicted octanol–water partition coefficient (Wildman–Crippen LogP) is 1.10. The monoisotopic (exact) mass is 673 g/mol. The minimum Gasteiger partial charge on any atom is -0.493 e. The molecule has 1 aliphatic carbocycles. The van der Waals surface area contributed by atoms with Crippen molar-refractivity contribution in [2.75, 3.05) is 34.1 Å². The molecule has 3 fully saturated rings. The SMILES string of the molecule is [2H]C1([2H])Oc2cc3c(cc2O1)[C@@]([2H])(c1cc(OC)c(OP(=O)(O)O)c(OC)c1)[C@H]1C(=O)OC[C@@H]1[C@@H]3O[C@@H]1O[C@H]2[C@@H](O[C@H](C)OC2([2H])[2H])[C@H](O)[C@H]1O. The van der Waals surface area contributed by atoms with Crippen LogP contribution < -0.4 is 23.5 Å². The number of rotatable bonds is 7. The van der Waals surface area contributed by atoms with Gasteiger partial charge in [0, 0.05) is 13.2 Å². The third kappa shape index (κ3) is 5.37. The summed E-state index contributed by atoms with van der Waals surface area (Å²) in [7, 11) is -2.80. The van der Waals surface area contributed by atoms with Crippen molar-refractivity contribution in [3.05, 3.63) is 41.0 Å². The van der Waals surface area contributed by atoms with Gasteiger partial charge in [0.15, 0.2) is 35.6 Å². The summed E-state index contributed by atoms with van der Waals surface area (Å²) in [5.41, 5.74) is 0.0756.